The summed E-state index contributed by atoms with van der Waals surface area (Å²) < 4.78 is 7.17. The minimum absolute atomic E-state index is 0.185. The number of ether oxygens (including phenoxy) is 1. The highest BCUT2D eigenvalue weighted by atomic mass is 32.2. The van der Waals surface area contributed by atoms with Crippen LogP contribution in [0.1, 0.15) is 63.8 Å². The molecule has 0 radical (unpaired) electrons. The van der Waals surface area contributed by atoms with Gasteiger partial charge in [0.25, 0.3) is 0 Å². The lowest BCUT2D eigenvalue weighted by molar-refractivity contribution is -0.146. The number of aromatic nitrogens is 3. The summed E-state index contributed by atoms with van der Waals surface area (Å²) in [5, 5.41) is 12.3. The first-order chi connectivity index (χ1) is 16.5. The van der Waals surface area contributed by atoms with Crippen molar-refractivity contribution in [3.05, 3.63) is 41.7 Å². The van der Waals surface area contributed by atoms with Crippen LogP contribution in [-0.2, 0) is 27.4 Å². The molecule has 2 aromatic rings. The number of thioether (sulfide) groups is 1. The van der Waals surface area contributed by atoms with Gasteiger partial charge in [0.2, 0.25) is 5.91 Å². The van der Waals surface area contributed by atoms with Crippen molar-refractivity contribution in [2.75, 3.05) is 6.61 Å². The second-order valence-corrected chi connectivity index (χ2v) is 11.7. The maximum Gasteiger partial charge on any atom is 0.319 e. The lowest BCUT2D eigenvalue weighted by atomic mass is 9.49. The molecule has 0 aliphatic heterocycles. The van der Waals surface area contributed by atoms with Gasteiger partial charge in [0.1, 0.15) is 5.25 Å². The molecule has 7 nitrogen and oxygen atoms in total. The first kappa shape index (κ1) is 23.4. The summed E-state index contributed by atoms with van der Waals surface area (Å²) in [7, 11) is 0. The fourth-order valence-electron chi connectivity index (χ4n) is 6.66. The summed E-state index contributed by atoms with van der Waals surface area (Å²) in [6.45, 7) is 4.89. The molecule has 4 saturated carbocycles. The van der Waals surface area contributed by atoms with E-state index < -0.39 is 5.25 Å². The Morgan fingerprint density at radius 3 is 2.38 bits per heavy atom. The van der Waals surface area contributed by atoms with Crippen molar-refractivity contribution < 1.29 is 14.3 Å². The van der Waals surface area contributed by atoms with E-state index in [4.69, 9.17) is 4.74 Å². The van der Waals surface area contributed by atoms with E-state index >= 15 is 0 Å². The maximum atomic E-state index is 13.5. The molecule has 4 aliphatic rings. The number of carbonyl (C=O) groups excluding carboxylic acids is 2. The van der Waals surface area contributed by atoms with Gasteiger partial charge in [-0.2, -0.15) is 0 Å². The molecule has 1 amide bonds. The predicted molar refractivity (Wildman–Crippen MR) is 130 cm³/mol. The molecule has 1 atom stereocenters. The third-order valence-corrected chi connectivity index (χ3v) is 8.86. The molecule has 4 fully saturated rings. The SMILES string of the molecule is CCOC(=O)C(C)Sc1nnc(CNC(=O)C23CC4CC(CC(C4)C2)C3)n1Cc1ccccc1. The van der Waals surface area contributed by atoms with Gasteiger partial charge in [-0.1, -0.05) is 42.1 Å². The molecule has 182 valence electrons. The molecule has 1 aromatic carbocycles. The Labute approximate surface area is 205 Å². The molecule has 34 heavy (non-hydrogen) atoms. The highest BCUT2D eigenvalue weighted by Crippen LogP contribution is 2.60. The number of carbonyl (C=O) groups is 2. The number of nitrogens with one attached hydrogen (secondary N) is 1. The van der Waals surface area contributed by atoms with Crippen LogP contribution < -0.4 is 5.32 Å². The predicted octanol–water partition coefficient (Wildman–Crippen LogP) is 4.20. The smallest absolute Gasteiger partial charge is 0.319 e. The molecule has 1 aromatic heterocycles. The van der Waals surface area contributed by atoms with Crippen LogP contribution in [0.4, 0.5) is 0 Å². The monoisotopic (exact) mass is 482 g/mol. The number of benzene rings is 1. The largest absolute Gasteiger partial charge is 0.465 e. The van der Waals surface area contributed by atoms with E-state index in [1.807, 2.05) is 29.7 Å². The van der Waals surface area contributed by atoms with E-state index in [1.165, 1.54) is 31.0 Å². The second-order valence-electron chi connectivity index (χ2n) is 10.4. The van der Waals surface area contributed by atoms with Gasteiger partial charge in [0, 0.05) is 5.41 Å². The summed E-state index contributed by atoms with van der Waals surface area (Å²) in [5.41, 5.74) is 0.927. The quantitative estimate of drug-likeness (QED) is 0.426. The highest BCUT2D eigenvalue weighted by Gasteiger charge is 2.54. The summed E-state index contributed by atoms with van der Waals surface area (Å²) >= 11 is 1.34. The Balaban J connectivity index is 1.32. The minimum Gasteiger partial charge on any atom is -0.465 e. The number of rotatable bonds is 9. The van der Waals surface area contributed by atoms with Crippen molar-refractivity contribution >= 4 is 23.6 Å². The minimum atomic E-state index is -0.395. The lowest BCUT2D eigenvalue weighted by Crippen LogP contribution is -2.53. The summed E-state index contributed by atoms with van der Waals surface area (Å²) in [4.78, 5) is 25.6. The van der Waals surface area contributed by atoms with Crippen LogP contribution in [0.3, 0.4) is 0 Å². The first-order valence-corrected chi connectivity index (χ1v) is 13.4. The zero-order valence-electron chi connectivity index (χ0n) is 20.0. The van der Waals surface area contributed by atoms with Crippen LogP contribution >= 0.6 is 11.8 Å². The van der Waals surface area contributed by atoms with Crippen LogP contribution in [0.25, 0.3) is 0 Å². The van der Waals surface area contributed by atoms with Crippen molar-refractivity contribution in [3.63, 3.8) is 0 Å². The zero-order valence-corrected chi connectivity index (χ0v) is 20.9. The molecule has 8 heteroatoms. The number of amides is 1. The molecule has 0 saturated heterocycles. The molecule has 1 heterocycles. The van der Waals surface area contributed by atoms with Crippen molar-refractivity contribution in [1.29, 1.82) is 0 Å². The van der Waals surface area contributed by atoms with Gasteiger partial charge in [0.05, 0.1) is 19.7 Å². The van der Waals surface area contributed by atoms with Crippen LogP contribution in [0.15, 0.2) is 35.5 Å². The van der Waals surface area contributed by atoms with Gasteiger partial charge in [-0.3, -0.25) is 9.59 Å². The Hall–Kier alpha value is -2.35. The average Bonchev–Trinajstić information content (AvgIpc) is 3.18. The third kappa shape index (κ3) is 4.74. The third-order valence-electron chi connectivity index (χ3n) is 7.80. The fourth-order valence-corrected chi connectivity index (χ4v) is 7.53. The van der Waals surface area contributed by atoms with Gasteiger partial charge >= 0.3 is 5.97 Å². The molecular weight excluding hydrogens is 448 g/mol. The molecule has 1 N–H and O–H groups in total. The van der Waals surface area contributed by atoms with Crippen LogP contribution in [-0.4, -0.2) is 38.5 Å². The zero-order chi connectivity index (χ0) is 23.7. The van der Waals surface area contributed by atoms with E-state index in [2.05, 4.69) is 27.6 Å². The Morgan fingerprint density at radius 1 is 1.12 bits per heavy atom. The molecule has 6 rings (SSSR count). The van der Waals surface area contributed by atoms with Gasteiger partial charge in [0.15, 0.2) is 11.0 Å². The van der Waals surface area contributed by atoms with E-state index in [0.717, 1.165) is 42.6 Å². The molecule has 1 unspecified atom stereocenters. The van der Waals surface area contributed by atoms with Gasteiger partial charge in [-0.05, 0) is 75.7 Å². The van der Waals surface area contributed by atoms with Crippen LogP contribution in [0, 0.1) is 23.2 Å². The molecule has 4 aliphatic carbocycles. The van der Waals surface area contributed by atoms with E-state index in [-0.39, 0.29) is 17.3 Å². The number of nitrogens with zero attached hydrogens (tertiary/aromatic N) is 3. The van der Waals surface area contributed by atoms with E-state index in [1.54, 1.807) is 6.92 Å². The Kier molecular flexibility index (Phi) is 6.69. The molecule has 0 spiro atoms. The van der Waals surface area contributed by atoms with Crippen molar-refractivity contribution in [1.82, 2.24) is 20.1 Å². The normalized spacial score (nSPS) is 28.0. The van der Waals surface area contributed by atoms with Crippen molar-refractivity contribution in [3.8, 4) is 0 Å². The van der Waals surface area contributed by atoms with Crippen LogP contribution in [0.2, 0.25) is 0 Å². The summed E-state index contributed by atoms with van der Waals surface area (Å²) in [6.07, 6.45) is 7.07. The Morgan fingerprint density at radius 2 is 1.76 bits per heavy atom. The fraction of sp³-hybridized carbons (Fsp3) is 0.615. The standard InChI is InChI=1S/C26H34N4O3S/c1-3-33-23(31)17(2)34-25-29-28-22(30(25)16-18-7-5-4-6-8-18)15-27-24(32)26-12-19-9-20(13-26)11-21(10-19)14-26/h4-8,17,19-21H,3,9-16H2,1-2H3,(H,27,32). The maximum absolute atomic E-state index is 13.5. The van der Waals surface area contributed by atoms with E-state index in [0.29, 0.717) is 30.7 Å². The summed E-state index contributed by atoms with van der Waals surface area (Å²) in [5.74, 6) is 2.82. The summed E-state index contributed by atoms with van der Waals surface area (Å²) in [6, 6.07) is 10.1. The first-order valence-electron chi connectivity index (χ1n) is 12.5. The van der Waals surface area contributed by atoms with Crippen LogP contribution in [0.5, 0.6) is 0 Å². The number of hydrogen-bond acceptors (Lipinski definition) is 6. The number of esters is 1. The van der Waals surface area contributed by atoms with E-state index in [9.17, 15) is 9.59 Å². The lowest BCUT2D eigenvalue weighted by Gasteiger charge is -2.55. The number of hydrogen-bond donors (Lipinski definition) is 1. The Bertz CT molecular complexity index is 1000. The second kappa shape index (κ2) is 9.72. The highest BCUT2D eigenvalue weighted by molar-refractivity contribution is 8.00. The molecular formula is C26H34N4O3S. The van der Waals surface area contributed by atoms with Gasteiger partial charge in [-0.25, -0.2) is 0 Å². The molecule has 4 bridgehead atoms. The van der Waals surface area contributed by atoms with Gasteiger partial charge in [-0.15, -0.1) is 10.2 Å². The van der Waals surface area contributed by atoms with Crippen molar-refractivity contribution in [2.24, 2.45) is 23.2 Å². The average molecular weight is 483 g/mol. The van der Waals surface area contributed by atoms with Crippen molar-refractivity contribution in [2.45, 2.75) is 75.9 Å². The topological polar surface area (TPSA) is 86.1 Å². The van der Waals surface area contributed by atoms with Gasteiger partial charge < -0.3 is 14.6 Å².